The zero-order valence-corrected chi connectivity index (χ0v) is 12.2. The third-order valence-electron chi connectivity index (χ3n) is 2.99. The molecule has 2 N–H and O–H groups in total. The third kappa shape index (κ3) is 3.95. The molecule has 1 aromatic heterocycles. The Labute approximate surface area is 120 Å². The minimum Gasteiger partial charge on any atom is -0.369 e. The molecule has 0 aliphatic heterocycles. The zero-order chi connectivity index (χ0) is 14.2. The highest BCUT2D eigenvalue weighted by molar-refractivity contribution is 5.61. The van der Waals surface area contributed by atoms with Crippen molar-refractivity contribution in [2.24, 2.45) is 0 Å². The number of nitrogens with zero attached hydrogens (tertiary/aromatic N) is 2. The summed E-state index contributed by atoms with van der Waals surface area (Å²) >= 11 is 0. The maximum absolute atomic E-state index is 4.52. The lowest BCUT2D eigenvalue weighted by molar-refractivity contribution is 0.923. The summed E-state index contributed by atoms with van der Waals surface area (Å²) in [7, 11) is 0. The molecule has 0 spiro atoms. The second-order valence-corrected chi connectivity index (χ2v) is 4.75. The molecule has 4 nitrogen and oxygen atoms in total. The molecule has 0 atom stereocenters. The Bertz CT molecular complexity index is 540. The summed E-state index contributed by atoms with van der Waals surface area (Å²) in [4.78, 5) is 8.74. The van der Waals surface area contributed by atoms with E-state index >= 15 is 0 Å². The van der Waals surface area contributed by atoms with Gasteiger partial charge < -0.3 is 10.6 Å². The van der Waals surface area contributed by atoms with Crippen LogP contribution < -0.4 is 10.6 Å². The lowest BCUT2D eigenvalue weighted by atomic mass is 10.1. The first-order valence-corrected chi connectivity index (χ1v) is 7.24. The summed E-state index contributed by atoms with van der Waals surface area (Å²) < 4.78 is 0. The maximum atomic E-state index is 4.52. The summed E-state index contributed by atoms with van der Waals surface area (Å²) in [6, 6.07) is 8.34. The van der Waals surface area contributed by atoms with Crippen LogP contribution in [0.25, 0.3) is 0 Å². The number of benzene rings is 1. The molecular formula is C16H22N4. The van der Waals surface area contributed by atoms with Gasteiger partial charge in [0.05, 0.1) is 12.4 Å². The molecule has 0 bridgehead atoms. The summed E-state index contributed by atoms with van der Waals surface area (Å²) in [5.41, 5.74) is 2.42. The summed E-state index contributed by atoms with van der Waals surface area (Å²) in [5.74, 6) is 1.58. The van der Waals surface area contributed by atoms with Crippen LogP contribution in [0.2, 0.25) is 0 Å². The van der Waals surface area contributed by atoms with Gasteiger partial charge in [-0.25, -0.2) is 4.98 Å². The second kappa shape index (κ2) is 7.48. The molecule has 1 heterocycles. The lowest BCUT2D eigenvalue weighted by Gasteiger charge is -2.11. The predicted octanol–water partition coefficient (Wildman–Crippen LogP) is 3.99. The highest BCUT2D eigenvalue weighted by Crippen LogP contribution is 2.21. The second-order valence-electron chi connectivity index (χ2n) is 4.75. The van der Waals surface area contributed by atoms with Crippen LogP contribution in [0.3, 0.4) is 0 Å². The van der Waals surface area contributed by atoms with Crippen LogP contribution in [-0.2, 0) is 6.42 Å². The first kappa shape index (κ1) is 14.3. The molecule has 0 aliphatic carbocycles. The number of rotatable bonds is 7. The molecule has 20 heavy (non-hydrogen) atoms. The van der Waals surface area contributed by atoms with Gasteiger partial charge in [-0.2, -0.15) is 0 Å². The molecule has 1 aromatic carbocycles. The normalized spacial score (nSPS) is 10.3. The van der Waals surface area contributed by atoms with Gasteiger partial charge in [0.2, 0.25) is 0 Å². The minimum absolute atomic E-state index is 0.773. The van der Waals surface area contributed by atoms with E-state index in [4.69, 9.17) is 0 Å². The molecule has 0 saturated heterocycles. The van der Waals surface area contributed by atoms with Crippen molar-refractivity contribution in [2.45, 2.75) is 33.1 Å². The Morgan fingerprint density at radius 1 is 1.00 bits per heavy atom. The van der Waals surface area contributed by atoms with Crippen LogP contribution in [-0.4, -0.2) is 16.5 Å². The van der Waals surface area contributed by atoms with Gasteiger partial charge in [0.1, 0.15) is 5.82 Å². The van der Waals surface area contributed by atoms with Crippen molar-refractivity contribution in [2.75, 3.05) is 17.2 Å². The van der Waals surface area contributed by atoms with Crippen molar-refractivity contribution >= 4 is 17.3 Å². The van der Waals surface area contributed by atoms with Gasteiger partial charge in [0, 0.05) is 12.2 Å². The number of anilines is 3. The Morgan fingerprint density at radius 2 is 1.80 bits per heavy atom. The predicted molar refractivity (Wildman–Crippen MR) is 84.5 cm³/mol. The van der Waals surface area contributed by atoms with Gasteiger partial charge in [-0.3, -0.25) is 4.98 Å². The van der Waals surface area contributed by atoms with Gasteiger partial charge in [-0.1, -0.05) is 38.5 Å². The lowest BCUT2D eigenvalue weighted by Crippen LogP contribution is -2.04. The number of hydrogen-bond donors (Lipinski definition) is 2. The molecule has 2 rings (SSSR count). The minimum atomic E-state index is 0.773. The topological polar surface area (TPSA) is 49.8 Å². The van der Waals surface area contributed by atoms with E-state index in [1.807, 2.05) is 6.07 Å². The molecule has 0 fully saturated rings. The van der Waals surface area contributed by atoms with E-state index in [2.05, 4.69) is 52.6 Å². The van der Waals surface area contributed by atoms with E-state index in [0.29, 0.717) is 0 Å². The Hall–Kier alpha value is -2.10. The average molecular weight is 270 g/mol. The molecule has 2 aromatic rings. The largest absolute Gasteiger partial charge is 0.369 e. The van der Waals surface area contributed by atoms with Gasteiger partial charge in [-0.15, -0.1) is 0 Å². The molecule has 0 amide bonds. The summed E-state index contributed by atoms with van der Waals surface area (Å²) in [6.45, 7) is 5.22. The van der Waals surface area contributed by atoms with Gasteiger partial charge >= 0.3 is 0 Å². The SMILES string of the molecule is CCCNc1cncc(Nc2ccccc2CCC)n1. The monoisotopic (exact) mass is 270 g/mol. The van der Waals surface area contributed by atoms with Gasteiger partial charge in [0.25, 0.3) is 0 Å². The van der Waals surface area contributed by atoms with Crippen LogP contribution in [0.15, 0.2) is 36.7 Å². The first-order valence-electron chi connectivity index (χ1n) is 7.24. The van der Waals surface area contributed by atoms with Crippen LogP contribution in [0.4, 0.5) is 17.3 Å². The smallest absolute Gasteiger partial charge is 0.151 e. The van der Waals surface area contributed by atoms with Crippen molar-refractivity contribution in [3.63, 3.8) is 0 Å². The molecule has 4 heteroatoms. The maximum Gasteiger partial charge on any atom is 0.151 e. The van der Waals surface area contributed by atoms with Crippen LogP contribution in [0.1, 0.15) is 32.3 Å². The highest BCUT2D eigenvalue weighted by atomic mass is 15.1. The number of para-hydroxylation sites is 1. The molecule has 0 unspecified atom stereocenters. The van der Waals surface area contributed by atoms with Crippen LogP contribution in [0.5, 0.6) is 0 Å². The number of aryl methyl sites for hydroxylation is 1. The Kier molecular flexibility index (Phi) is 5.35. The van der Waals surface area contributed by atoms with Crippen molar-refractivity contribution in [1.82, 2.24) is 9.97 Å². The van der Waals surface area contributed by atoms with E-state index in [0.717, 1.165) is 43.1 Å². The van der Waals surface area contributed by atoms with Crippen molar-refractivity contribution in [3.8, 4) is 0 Å². The molecule has 0 radical (unpaired) electrons. The van der Waals surface area contributed by atoms with Crippen molar-refractivity contribution < 1.29 is 0 Å². The summed E-state index contributed by atoms with van der Waals surface area (Å²) in [5, 5.41) is 6.61. The van der Waals surface area contributed by atoms with E-state index in [1.54, 1.807) is 12.4 Å². The fraction of sp³-hybridized carbons (Fsp3) is 0.375. The van der Waals surface area contributed by atoms with Crippen molar-refractivity contribution in [3.05, 3.63) is 42.2 Å². The van der Waals surface area contributed by atoms with E-state index < -0.39 is 0 Å². The molecular weight excluding hydrogens is 248 g/mol. The molecule has 0 saturated carbocycles. The fourth-order valence-electron chi connectivity index (χ4n) is 2.03. The highest BCUT2D eigenvalue weighted by Gasteiger charge is 2.03. The Morgan fingerprint density at radius 3 is 2.60 bits per heavy atom. The van der Waals surface area contributed by atoms with Crippen molar-refractivity contribution in [1.29, 1.82) is 0 Å². The fourth-order valence-corrected chi connectivity index (χ4v) is 2.03. The quantitative estimate of drug-likeness (QED) is 0.798. The van der Waals surface area contributed by atoms with Gasteiger partial charge in [-0.05, 0) is 24.5 Å². The zero-order valence-electron chi connectivity index (χ0n) is 12.2. The molecule has 0 aliphatic rings. The Balaban J connectivity index is 2.13. The first-order chi connectivity index (χ1) is 9.83. The van der Waals surface area contributed by atoms with E-state index in [9.17, 15) is 0 Å². The van der Waals surface area contributed by atoms with Crippen LogP contribution in [0, 0.1) is 0 Å². The van der Waals surface area contributed by atoms with E-state index in [-0.39, 0.29) is 0 Å². The van der Waals surface area contributed by atoms with Crippen LogP contribution >= 0.6 is 0 Å². The standard InChI is InChI=1S/C16H22N4/c1-3-7-13-8-5-6-9-14(13)19-16-12-17-11-15(20-16)18-10-4-2/h5-6,8-9,11-12H,3-4,7,10H2,1-2H3,(H2,18,19,20). The third-order valence-corrected chi connectivity index (χ3v) is 2.99. The molecule has 106 valence electrons. The number of nitrogens with one attached hydrogen (secondary N) is 2. The van der Waals surface area contributed by atoms with Gasteiger partial charge in [0.15, 0.2) is 5.82 Å². The van der Waals surface area contributed by atoms with E-state index in [1.165, 1.54) is 5.56 Å². The summed E-state index contributed by atoms with van der Waals surface area (Å²) in [6.07, 6.45) is 6.75. The average Bonchev–Trinajstić information content (AvgIpc) is 2.48. The number of aromatic nitrogens is 2. The number of hydrogen-bond acceptors (Lipinski definition) is 4.